The van der Waals surface area contributed by atoms with Crippen molar-refractivity contribution in [3.8, 4) is 0 Å². The molecule has 6 nitrogen and oxygen atoms in total. The van der Waals surface area contributed by atoms with E-state index in [0.29, 0.717) is 18.2 Å². The summed E-state index contributed by atoms with van der Waals surface area (Å²) in [6.45, 7) is 1.98. The SMILES string of the molecule is COCCCCNc1cc(N)nc(COC)n1. The fourth-order valence-corrected chi connectivity index (χ4v) is 1.39. The number of nitrogen functional groups attached to an aromatic ring is 1. The van der Waals surface area contributed by atoms with Gasteiger partial charge in [0.25, 0.3) is 0 Å². The molecular weight excluding hydrogens is 220 g/mol. The Bertz CT molecular complexity index is 333. The molecule has 96 valence electrons. The van der Waals surface area contributed by atoms with Gasteiger partial charge in [0.2, 0.25) is 0 Å². The number of hydrogen-bond acceptors (Lipinski definition) is 6. The number of nitrogens with two attached hydrogens (primary N) is 1. The summed E-state index contributed by atoms with van der Waals surface area (Å²) in [5.74, 6) is 1.78. The fourth-order valence-electron chi connectivity index (χ4n) is 1.39. The van der Waals surface area contributed by atoms with Crippen LogP contribution in [0.3, 0.4) is 0 Å². The molecule has 0 aliphatic rings. The van der Waals surface area contributed by atoms with Crippen molar-refractivity contribution in [2.45, 2.75) is 19.4 Å². The molecule has 17 heavy (non-hydrogen) atoms. The van der Waals surface area contributed by atoms with E-state index in [1.165, 1.54) is 0 Å². The molecule has 1 rings (SSSR count). The summed E-state index contributed by atoms with van der Waals surface area (Å²) in [7, 11) is 3.31. The maximum atomic E-state index is 5.67. The van der Waals surface area contributed by atoms with Gasteiger partial charge in [-0.15, -0.1) is 0 Å². The molecule has 0 bridgehead atoms. The monoisotopic (exact) mass is 240 g/mol. The van der Waals surface area contributed by atoms with Crippen molar-refractivity contribution in [1.82, 2.24) is 9.97 Å². The van der Waals surface area contributed by atoms with Gasteiger partial charge in [-0.1, -0.05) is 0 Å². The average Bonchev–Trinajstić information content (AvgIpc) is 2.28. The highest BCUT2D eigenvalue weighted by Crippen LogP contribution is 2.09. The first-order valence-corrected chi connectivity index (χ1v) is 5.61. The Hall–Kier alpha value is -1.40. The van der Waals surface area contributed by atoms with Crippen molar-refractivity contribution in [3.05, 3.63) is 11.9 Å². The predicted octanol–water partition coefficient (Wildman–Crippen LogP) is 1.04. The first-order chi connectivity index (χ1) is 8.26. The van der Waals surface area contributed by atoms with Crippen molar-refractivity contribution in [3.63, 3.8) is 0 Å². The van der Waals surface area contributed by atoms with Crippen LogP contribution in [-0.2, 0) is 16.1 Å². The second kappa shape index (κ2) is 7.81. The van der Waals surface area contributed by atoms with Gasteiger partial charge in [-0.3, -0.25) is 0 Å². The topological polar surface area (TPSA) is 82.3 Å². The molecule has 0 aliphatic carbocycles. The summed E-state index contributed by atoms with van der Waals surface area (Å²) in [6.07, 6.45) is 2.05. The highest BCUT2D eigenvalue weighted by molar-refractivity contribution is 5.44. The fraction of sp³-hybridized carbons (Fsp3) is 0.636. The van der Waals surface area contributed by atoms with E-state index in [9.17, 15) is 0 Å². The van der Waals surface area contributed by atoms with Crippen LogP contribution in [0.2, 0.25) is 0 Å². The zero-order valence-electron chi connectivity index (χ0n) is 10.4. The van der Waals surface area contributed by atoms with Crippen molar-refractivity contribution in [2.24, 2.45) is 0 Å². The molecule has 6 heteroatoms. The Morgan fingerprint density at radius 2 is 2.06 bits per heavy atom. The van der Waals surface area contributed by atoms with E-state index >= 15 is 0 Å². The Morgan fingerprint density at radius 3 is 2.76 bits per heavy atom. The largest absolute Gasteiger partial charge is 0.385 e. The van der Waals surface area contributed by atoms with Gasteiger partial charge in [0.1, 0.15) is 18.2 Å². The Morgan fingerprint density at radius 1 is 1.24 bits per heavy atom. The summed E-state index contributed by atoms with van der Waals surface area (Å²) >= 11 is 0. The van der Waals surface area contributed by atoms with Gasteiger partial charge in [0.15, 0.2) is 5.82 Å². The molecule has 0 aliphatic heterocycles. The molecule has 3 N–H and O–H groups in total. The van der Waals surface area contributed by atoms with Crippen LogP contribution in [0.5, 0.6) is 0 Å². The number of nitrogens with one attached hydrogen (secondary N) is 1. The number of nitrogens with zero attached hydrogens (tertiary/aromatic N) is 2. The van der Waals surface area contributed by atoms with Gasteiger partial charge in [-0.05, 0) is 12.8 Å². The van der Waals surface area contributed by atoms with E-state index < -0.39 is 0 Å². The number of unbranched alkanes of at least 4 members (excludes halogenated alkanes) is 1. The lowest BCUT2D eigenvalue weighted by Crippen LogP contribution is -2.08. The molecular formula is C11H20N4O2. The molecule has 0 saturated heterocycles. The van der Waals surface area contributed by atoms with Gasteiger partial charge < -0.3 is 20.5 Å². The maximum Gasteiger partial charge on any atom is 0.158 e. The summed E-state index contributed by atoms with van der Waals surface area (Å²) in [6, 6.07) is 1.72. The first-order valence-electron chi connectivity index (χ1n) is 5.61. The lowest BCUT2D eigenvalue weighted by Gasteiger charge is -2.07. The van der Waals surface area contributed by atoms with Gasteiger partial charge in [-0.2, -0.15) is 0 Å². The van der Waals surface area contributed by atoms with Crippen LogP contribution in [0, 0.1) is 0 Å². The molecule has 0 atom stereocenters. The van der Waals surface area contributed by atoms with Crippen molar-refractivity contribution in [1.29, 1.82) is 0 Å². The summed E-state index contributed by atoms with van der Waals surface area (Å²) in [4.78, 5) is 8.35. The van der Waals surface area contributed by atoms with E-state index in [2.05, 4.69) is 15.3 Å². The summed E-state index contributed by atoms with van der Waals surface area (Å²) in [5.41, 5.74) is 5.67. The Balaban J connectivity index is 2.41. The lowest BCUT2D eigenvalue weighted by molar-refractivity contribution is 0.178. The van der Waals surface area contributed by atoms with E-state index in [0.717, 1.165) is 31.8 Å². The second-order valence-electron chi connectivity index (χ2n) is 3.65. The van der Waals surface area contributed by atoms with Crippen LogP contribution in [-0.4, -0.2) is 37.3 Å². The number of ether oxygens (including phenoxy) is 2. The van der Waals surface area contributed by atoms with E-state index in [4.69, 9.17) is 15.2 Å². The van der Waals surface area contributed by atoms with Crippen molar-refractivity contribution < 1.29 is 9.47 Å². The molecule has 0 radical (unpaired) electrons. The molecule has 0 unspecified atom stereocenters. The quantitative estimate of drug-likeness (QED) is 0.661. The minimum Gasteiger partial charge on any atom is -0.385 e. The van der Waals surface area contributed by atoms with E-state index in [-0.39, 0.29) is 0 Å². The maximum absolute atomic E-state index is 5.67. The minimum absolute atomic E-state index is 0.364. The van der Waals surface area contributed by atoms with Crippen molar-refractivity contribution >= 4 is 11.6 Å². The molecule has 0 spiro atoms. The highest BCUT2D eigenvalue weighted by Gasteiger charge is 2.01. The van der Waals surface area contributed by atoms with Crippen LogP contribution in [0.1, 0.15) is 18.7 Å². The molecule has 1 aromatic rings. The van der Waals surface area contributed by atoms with E-state index in [1.807, 2.05) is 0 Å². The Labute approximate surface area is 102 Å². The number of anilines is 2. The zero-order valence-corrected chi connectivity index (χ0v) is 10.4. The van der Waals surface area contributed by atoms with Gasteiger partial charge >= 0.3 is 0 Å². The second-order valence-corrected chi connectivity index (χ2v) is 3.65. The van der Waals surface area contributed by atoms with E-state index in [1.54, 1.807) is 20.3 Å². The molecule has 1 heterocycles. The predicted molar refractivity (Wildman–Crippen MR) is 66.8 cm³/mol. The Kier molecular flexibility index (Phi) is 6.27. The minimum atomic E-state index is 0.364. The lowest BCUT2D eigenvalue weighted by atomic mass is 10.3. The highest BCUT2D eigenvalue weighted by atomic mass is 16.5. The third-order valence-corrected chi connectivity index (χ3v) is 2.15. The third-order valence-electron chi connectivity index (χ3n) is 2.15. The number of rotatable bonds is 8. The number of aromatic nitrogens is 2. The zero-order chi connectivity index (χ0) is 12.5. The van der Waals surface area contributed by atoms with Gasteiger partial charge in [-0.25, -0.2) is 9.97 Å². The third kappa shape index (κ3) is 5.46. The first kappa shape index (κ1) is 13.7. The van der Waals surface area contributed by atoms with Crippen LogP contribution >= 0.6 is 0 Å². The molecule has 0 saturated carbocycles. The normalized spacial score (nSPS) is 10.5. The molecule has 1 aromatic heterocycles. The van der Waals surface area contributed by atoms with Crippen LogP contribution < -0.4 is 11.1 Å². The average molecular weight is 240 g/mol. The molecule has 0 amide bonds. The van der Waals surface area contributed by atoms with Crippen molar-refractivity contribution in [2.75, 3.05) is 38.4 Å². The standard InChI is InChI=1S/C11H20N4O2/c1-16-6-4-3-5-13-10-7-9(12)14-11(15-10)8-17-2/h7H,3-6,8H2,1-2H3,(H3,12,13,14,15). The van der Waals surface area contributed by atoms with Crippen LogP contribution in [0.25, 0.3) is 0 Å². The summed E-state index contributed by atoms with van der Waals surface area (Å²) in [5, 5.41) is 3.20. The smallest absolute Gasteiger partial charge is 0.158 e. The summed E-state index contributed by atoms with van der Waals surface area (Å²) < 4.78 is 9.94. The van der Waals surface area contributed by atoms with Gasteiger partial charge in [0, 0.05) is 33.4 Å². The number of methoxy groups -OCH3 is 2. The van der Waals surface area contributed by atoms with Crippen LogP contribution in [0.4, 0.5) is 11.6 Å². The van der Waals surface area contributed by atoms with Crippen LogP contribution in [0.15, 0.2) is 6.07 Å². The number of hydrogen-bond donors (Lipinski definition) is 2. The molecule has 0 fully saturated rings. The molecule has 0 aromatic carbocycles. The van der Waals surface area contributed by atoms with Gasteiger partial charge in [0.05, 0.1) is 0 Å².